The van der Waals surface area contributed by atoms with Crippen LogP contribution in [0.15, 0.2) is 48.8 Å². The zero-order chi connectivity index (χ0) is 16.7. The van der Waals surface area contributed by atoms with Crippen molar-refractivity contribution in [2.24, 2.45) is 0 Å². The second kappa shape index (κ2) is 7.66. The van der Waals surface area contributed by atoms with Crippen LogP contribution in [0.1, 0.15) is 22.3 Å². The molecule has 1 heterocycles. The minimum Gasteiger partial charge on any atom is -0.333 e. The van der Waals surface area contributed by atoms with E-state index in [4.69, 9.17) is 5.26 Å². The van der Waals surface area contributed by atoms with Crippen molar-refractivity contribution >= 4 is 11.6 Å². The van der Waals surface area contributed by atoms with E-state index >= 15 is 0 Å². The first kappa shape index (κ1) is 16.1. The van der Waals surface area contributed by atoms with E-state index in [9.17, 15) is 14.9 Å². The van der Waals surface area contributed by atoms with Gasteiger partial charge in [-0.3, -0.25) is 19.9 Å². The van der Waals surface area contributed by atoms with Crippen molar-refractivity contribution in [2.45, 2.75) is 13.0 Å². The van der Waals surface area contributed by atoms with E-state index in [2.05, 4.69) is 4.98 Å². The van der Waals surface area contributed by atoms with Gasteiger partial charge in [-0.2, -0.15) is 5.26 Å². The average Bonchev–Trinajstić information content (AvgIpc) is 2.59. The Labute approximate surface area is 132 Å². The Morgan fingerprint density at radius 3 is 2.61 bits per heavy atom. The minimum absolute atomic E-state index is 0.0719. The lowest BCUT2D eigenvalue weighted by molar-refractivity contribution is -0.384. The van der Waals surface area contributed by atoms with Gasteiger partial charge in [0.1, 0.15) is 0 Å². The molecule has 1 aromatic carbocycles. The van der Waals surface area contributed by atoms with E-state index in [0.29, 0.717) is 12.1 Å². The first-order chi connectivity index (χ1) is 11.1. The third-order valence-corrected chi connectivity index (χ3v) is 3.20. The number of non-ortho nitro benzene ring substituents is 1. The molecule has 0 aliphatic heterocycles. The molecular weight excluding hydrogens is 296 g/mol. The summed E-state index contributed by atoms with van der Waals surface area (Å²) in [6.45, 7) is 0.604. The Morgan fingerprint density at radius 2 is 2.04 bits per heavy atom. The maximum Gasteiger partial charge on any atom is 0.269 e. The molecule has 0 atom stereocenters. The van der Waals surface area contributed by atoms with Crippen LogP contribution in [0.2, 0.25) is 0 Å². The number of carbonyl (C=O) groups excluding carboxylic acids is 1. The summed E-state index contributed by atoms with van der Waals surface area (Å²) in [7, 11) is 0. The monoisotopic (exact) mass is 310 g/mol. The fourth-order valence-electron chi connectivity index (χ4n) is 2.06. The Balaban J connectivity index is 2.18. The minimum atomic E-state index is -0.517. The lowest BCUT2D eigenvalue weighted by atomic mass is 10.1. The Hall–Kier alpha value is -3.27. The molecule has 0 aliphatic rings. The molecule has 0 fully saturated rings. The molecule has 0 radical (unpaired) electrons. The van der Waals surface area contributed by atoms with Crippen molar-refractivity contribution < 1.29 is 9.72 Å². The molecule has 0 saturated carbocycles. The van der Waals surface area contributed by atoms with Gasteiger partial charge >= 0.3 is 0 Å². The fourth-order valence-corrected chi connectivity index (χ4v) is 2.06. The SMILES string of the molecule is N#CCCN(Cc1cccnc1)C(=O)c1ccc([N+](=O)[O-])cc1. The predicted octanol–water partition coefficient (Wildman–Crippen LogP) is 2.55. The predicted molar refractivity (Wildman–Crippen MR) is 82.3 cm³/mol. The van der Waals surface area contributed by atoms with E-state index in [1.54, 1.807) is 18.5 Å². The lowest BCUT2D eigenvalue weighted by Gasteiger charge is -2.21. The van der Waals surface area contributed by atoms with E-state index in [1.807, 2.05) is 12.1 Å². The van der Waals surface area contributed by atoms with Crippen molar-refractivity contribution in [1.82, 2.24) is 9.88 Å². The molecule has 0 N–H and O–H groups in total. The number of amides is 1. The maximum atomic E-state index is 12.6. The lowest BCUT2D eigenvalue weighted by Crippen LogP contribution is -2.31. The number of nitro benzene ring substituents is 1. The standard InChI is InChI=1S/C16H14N4O3/c17-8-2-10-19(12-13-3-1-9-18-11-13)16(21)14-4-6-15(7-5-14)20(22)23/h1,3-7,9,11H,2,10,12H2. The zero-order valence-corrected chi connectivity index (χ0v) is 12.3. The van der Waals surface area contributed by atoms with Crippen LogP contribution in [0.25, 0.3) is 0 Å². The second-order valence-electron chi connectivity index (χ2n) is 4.80. The summed E-state index contributed by atoms with van der Waals surface area (Å²) < 4.78 is 0. The summed E-state index contributed by atoms with van der Waals surface area (Å²) in [4.78, 5) is 28.2. The summed E-state index contributed by atoms with van der Waals surface area (Å²) in [5.74, 6) is -0.279. The molecular formula is C16H14N4O3. The van der Waals surface area contributed by atoms with Crippen molar-refractivity contribution in [3.8, 4) is 6.07 Å². The van der Waals surface area contributed by atoms with Gasteiger partial charge in [0, 0.05) is 43.2 Å². The van der Waals surface area contributed by atoms with E-state index in [0.717, 1.165) is 5.56 Å². The molecule has 0 unspecified atom stereocenters. The number of pyridine rings is 1. The Bertz CT molecular complexity index is 723. The van der Waals surface area contributed by atoms with Gasteiger partial charge in [-0.15, -0.1) is 0 Å². The normalized spacial score (nSPS) is 9.87. The highest BCUT2D eigenvalue weighted by Gasteiger charge is 2.17. The van der Waals surface area contributed by atoms with Crippen LogP contribution < -0.4 is 0 Å². The van der Waals surface area contributed by atoms with Gasteiger partial charge in [0.25, 0.3) is 11.6 Å². The molecule has 2 rings (SSSR count). The van der Waals surface area contributed by atoms with Crippen LogP contribution in [0.4, 0.5) is 5.69 Å². The second-order valence-corrected chi connectivity index (χ2v) is 4.80. The van der Waals surface area contributed by atoms with Gasteiger partial charge in [-0.05, 0) is 23.8 Å². The molecule has 0 aliphatic carbocycles. The van der Waals surface area contributed by atoms with Crippen molar-refractivity contribution in [3.63, 3.8) is 0 Å². The number of nitro groups is 1. The fraction of sp³-hybridized carbons (Fsp3) is 0.188. The number of carbonyl (C=O) groups is 1. The largest absolute Gasteiger partial charge is 0.333 e. The van der Waals surface area contributed by atoms with Crippen LogP contribution in [-0.2, 0) is 6.54 Å². The van der Waals surface area contributed by atoms with Crippen LogP contribution in [0, 0.1) is 21.4 Å². The zero-order valence-electron chi connectivity index (χ0n) is 12.3. The molecule has 1 amide bonds. The number of nitriles is 1. The van der Waals surface area contributed by atoms with Crippen molar-refractivity contribution in [2.75, 3.05) is 6.54 Å². The Kier molecular flexibility index (Phi) is 5.36. The molecule has 116 valence electrons. The number of rotatable bonds is 6. The summed E-state index contributed by atoms with van der Waals surface area (Å²) in [5.41, 5.74) is 1.12. The van der Waals surface area contributed by atoms with Gasteiger partial charge in [0.15, 0.2) is 0 Å². The maximum absolute atomic E-state index is 12.6. The third kappa shape index (κ3) is 4.35. The van der Waals surface area contributed by atoms with Gasteiger partial charge < -0.3 is 4.90 Å². The smallest absolute Gasteiger partial charge is 0.269 e. The molecule has 2 aromatic rings. The average molecular weight is 310 g/mol. The van der Waals surface area contributed by atoms with Gasteiger partial charge in [-0.1, -0.05) is 6.07 Å². The Morgan fingerprint density at radius 1 is 1.30 bits per heavy atom. The first-order valence-electron chi connectivity index (χ1n) is 6.91. The number of nitrogens with zero attached hydrogens (tertiary/aromatic N) is 4. The van der Waals surface area contributed by atoms with Crippen LogP contribution in [0.3, 0.4) is 0 Å². The molecule has 0 saturated heterocycles. The molecule has 7 nitrogen and oxygen atoms in total. The summed E-state index contributed by atoms with van der Waals surface area (Å²) >= 11 is 0. The number of benzene rings is 1. The molecule has 23 heavy (non-hydrogen) atoms. The first-order valence-corrected chi connectivity index (χ1v) is 6.91. The molecule has 0 bridgehead atoms. The highest BCUT2D eigenvalue weighted by atomic mass is 16.6. The highest BCUT2D eigenvalue weighted by molar-refractivity contribution is 5.94. The number of hydrogen-bond donors (Lipinski definition) is 0. The number of aromatic nitrogens is 1. The third-order valence-electron chi connectivity index (χ3n) is 3.20. The van der Waals surface area contributed by atoms with E-state index < -0.39 is 4.92 Å². The van der Waals surface area contributed by atoms with Gasteiger partial charge in [0.2, 0.25) is 0 Å². The highest BCUT2D eigenvalue weighted by Crippen LogP contribution is 2.15. The van der Waals surface area contributed by atoms with Crippen LogP contribution in [-0.4, -0.2) is 27.3 Å². The summed E-state index contributed by atoms with van der Waals surface area (Å²) in [6, 6.07) is 11.1. The summed E-state index contributed by atoms with van der Waals surface area (Å²) in [6.07, 6.45) is 3.50. The molecule has 0 spiro atoms. The van der Waals surface area contributed by atoms with Crippen molar-refractivity contribution in [3.05, 3.63) is 70.0 Å². The molecule has 7 heteroatoms. The summed E-state index contributed by atoms with van der Waals surface area (Å²) in [5, 5.41) is 19.4. The van der Waals surface area contributed by atoms with Crippen molar-refractivity contribution in [1.29, 1.82) is 5.26 Å². The van der Waals surface area contributed by atoms with Gasteiger partial charge in [0.05, 0.1) is 17.4 Å². The van der Waals surface area contributed by atoms with E-state index in [-0.39, 0.29) is 24.6 Å². The quantitative estimate of drug-likeness (QED) is 0.603. The van der Waals surface area contributed by atoms with Crippen LogP contribution in [0.5, 0.6) is 0 Å². The topological polar surface area (TPSA) is 100 Å². The van der Waals surface area contributed by atoms with Gasteiger partial charge in [-0.25, -0.2) is 0 Å². The molecule has 1 aromatic heterocycles. The van der Waals surface area contributed by atoms with Crippen LogP contribution >= 0.6 is 0 Å². The van der Waals surface area contributed by atoms with E-state index in [1.165, 1.54) is 29.2 Å². The number of hydrogen-bond acceptors (Lipinski definition) is 5.